The average Bonchev–Trinajstić information content (AvgIpc) is 2.44. The lowest BCUT2D eigenvalue weighted by molar-refractivity contribution is 0.634. The van der Waals surface area contributed by atoms with Gasteiger partial charge >= 0.3 is 0 Å². The van der Waals surface area contributed by atoms with Crippen molar-refractivity contribution >= 4 is 5.69 Å². The molecule has 0 amide bonds. The second-order valence-corrected chi connectivity index (χ2v) is 5.00. The minimum Gasteiger partial charge on any atom is -0.377 e. The highest BCUT2D eigenvalue weighted by atomic mass is 14.9. The molecule has 2 aromatic rings. The summed E-state index contributed by atoms with van der Waals surface area (Å²) in [5, 5.41) is 3.61. The Bertz CT molecular complexity index is 494. The zero-order valence-corrected chi connectivity index (χ0v) is 11.8. The first-order valence-corrected chi connectivity index (χ1v) is 7.02. The van der Waals surface area contributed by atoms with E-state index in [2.05, 4.69) is 60.5 Å². The second-order valence-electron chi connectivity index (χ2n) is 5.00. The topological polar surface area (TPSA) is 24.9 Å². The van der Waals surface area contributed by atoms with Crippen LogP contribution in [0.25, 0.3) is 0 Å². The van der Waals surface area contributed by atoms with Gasteiger partial charge in [0.15, 0.2) is 0 Å². The van der Waals surface area contributed by atoms with Gasteiger partial charge in [0.2, 0.25) is 0 Å². The Morgan fingerprint density at radius 2 is 1.95 bits per heavy atom. The third kappa shape index (κ3) is 4.09. The van der Waals surface area contributed by atoms with E-state index < -0.39 is 0 Å². The number of unbranched alkanes of at least 4 members (excludes halogenated alkanes) is 1. The smallest absolute Gasteiger partial charge is 0.0534 e. The van der Waals surface area contributed by atoms with E-state index in [9.17, 15) is 0 Å². The van der Waals surface area contributed by atoms with Crippen molar-refractivity contribution in [3.8, 4) is 0 Å². The van der Waals surface area contributed by atoms with Crippen LogP contribution in [-0.4, -0.2) is 4.98 Å². The van der Waals surface area contributed by atoms with Crippen molar-refractivity contribution in [3.05, 3.63) is 59.9 Å². The molecule has 2 nitrogen and oxygen atoms in total. The monoisotopic (exact) mass is 254 g/mol. The highest BCUT2D eigenvalue weighted by molar-refractivity contribution is 5.45. The highest BCUT2D eigenvalue weighted by Crippen LogP contribution is 2.24. The fourth-order valence-corrected chi connectivity index (χ4v) is 2.25. The number of nitrogens with zero attached hydrogens (tertiary/aromatic N) is 1. The number of benzene rings is 1. The number of pyridine rings is 1. The third-order valence-electron chi connectivity index (χ3n) is 3.26. The molecule has 1 atom stereocenters. The number of nitrogens with one attached hydrogen (secondary N) is 1. The van der Waals surface area contributed by atoms with Gasteiger partial charge in [-0.25, -0.2) is 0 Å². The van der Waals surface area contributed by atoms with Crippen molar-refractivity contribution in [2.24, 2.45) is 0 Å². The summed E-state index contributed by atoms with van der Waals surface area (Å²) < 4.78 is 0. The lowest BCUT2D eigenvalue weighted by Crippen LogP contribution is -2.11. The predicted molar refractivity (Wildman–Crippen MR) is 81.3 cm³/mol. The van der Waals surface area contributed by atoms with Crippen molar-refractivity contribution in [2.45, 2.75) is 39.2 Å². The van der Waals surface area contributed by atoms with Crippen molar-refractivity contribution in [1.29, 1.82) is 0 Å². The Labute approximate surface area is 115 Å². The van der Waals surface area contributed by atoms with E-state index in [4.69, 9.17) is 0 Å². The number of hydrogen-bond acceptors (Lipinski definition) is 2. The molecule has 2 heteroatoms. The Kier molecular flexibility index (Phi) is 4.96. The summed E-state index contributed by atoms with van der Waals surface area (Å²) in [5.74, 6) is 0. The fourth-order valence-electron chi connectivity index (χ4n) is 2.25. The van der Waals surface area contributed by atoms with Gasteiger partial charge in [-0.05, 0) is 30.5 Å². The van der Waals surface area contributed by atoms with Gasteiger partial charge in [0.1, 0.15) is 0 Å². The van der Waals surface area contributed by atoms with Gasteiger partial charge in [-0.15, -0.1) is 0 Å². The van der Waals surface area contributed by atoms with Crippen LogP contribution in [0.4, 0.5) is 5.69 Å². The van der Waals surface area contributed by atoms with E-state index in [1.165, 1.54) is 24.0 Å². The Morgan fingerprint density at radius 1 is 1.16 bits per heavy atom. The molecule has 0 aliphatic carbocycles. The zero-order chi connectivity index (χ0) is 13.5. The molecule has 0 aliphatic heterocycles. The van der Waals surface area contributed by atoms with Crippen LogP contribution in [0.2, 0.25) is 0 Å². The predicted octanol–water partition coefficient (Wildman–Crippen LogP) is 4.73. The van der Waals surface area contributed by atoms with Gasteiger partial charge in [-0.3, -0.25) is 4.98 Å². The Hall–Kier alpha value is -1.83. The van der Waals surface area contributed by atoms with Crippen LogP contribution >= 0.6 is 0 Å². The molecule has 19 heavy (non-hydrogen) atoms. The second kappa shape index (κ2) is 6.93. The molecule has 1 unspecified atom stereocenters. The summed E-state index contributed by atoms with van der Waals surface area (Å²) in [5.41, 5.74) is 3.63. The van der Waals surface area contributed by atoms with Crippen molar-refractivity contribution < 1.29 is 0 Å². The maximum Gasteiger partial charge on any atom is 0.0534 e. The molecule has 0 radical (unpaired) electrons. The molecule has 100 valence electrons. The first-order chi connectivity index (χ1) is 9.29. The van der Waals surface area contributed by atoms with E-state index in [1.807, 2.05) is 12.4 Å². The summed E-state index contributed by atoms with van der Waals surface area (Å²) in [6.45, 7) is 4.30. The number of rotatable bonds is 6. The quantitative estimate of drug-likeness (QED) is 0.805. The summed E-state index contributed by atoms with van der Waals surface area (Å²) in [6.07, 6.45) is 7.38. The molecule has 1 heterocycles. The van der Waals surface area contributed by atoms with E-state index in [0.717, 1.165) is 12.1 Å². The normalized spacial score (nSPS) is 12.1. The molecule has 1 aromatic heterocycles. The summed E-state index contributed by atoms with van der Waals surface area (Å²) >= 11 is 0. The Morgan fingerprint density at radius 3 is 2.63 bits per heavy atom. The van der Waals surface area contributed by atoms with Crippen LogP contribution in [-0.2, 0) is 0 Å². The first kappa shape index (κ1) is 13.6. The molecule has 2 rings (SSSR count). The first-order valence-electron chi connectivity index (χ1n) is 7.02. The molecule has 0 fully saturated rings. The van der Waals surface area contributed by atoms with Crippen molar-refractivity contribution in [2.75, 3.05) is 5.32 Å². The van der Waals surface area contributed by atoms with Crippen LogP contribution in [0.5, 0.6) is 0 Å². The van der Waals surface area contributed by atoms with Crippen LogP contribution in [0.1, 0.15) is 43.4 Å². The van der Waals surface area contributed by atoms with Gasteiger partial charge < -0.3 is 5.32 Å². The Balaban J connectivity index is 2.14. The molecule has 0 saturated heterocycles. The molecular formula is C17H22N2. The van der Waals surface area contributed by atoms with Crippen LogP contribution in [0.3, 0.4) is 0 Å². The SMILES string of the molecule is CCCCC(Nc1cncc(C)c1)c1ccccc1. The van der Waals surface area contributed by atoms with E-state index >= 15 is 0 Å². The molecule has 0 bridgehead atoms. The average molecular weight is 254 g/mol. The minimum absolute atomic E-state index is 0.366. The number of hydrogen-bond donors (Lipinski definition) is 1. The number of aryl methyl sites for hydroxylation is 1. The van der Waals surface area contributed by atoms with Crippen LogP contribution < -0.4 is 5.32 Å². The van der Waals surface area contributed by atoms with E-state index in [-0.39, 0.29) is 0 Å². The summed E-state index contributed by atoms with van der Waals surface area (Å²) in [6, 6.07) is 13.2. The largest absolute Gasteiger partial charge is 0.377 e. The number of anilines is 1. The standard InChI is InChI=1S/C17H22N2/c1-3-4-10-17(15-8-6-5-7-9-15)19-16-11-14(2)12-18-13-16/h5-9,11-13,17,19H,3-4,10H2,1-2H3. The van der Waals surface area contributed by atoms with Gasteiger partial charge in [-0.2, -0.15) is 0 Å². The van der Waals surface area contributed by atoms with E-state index in [1.54, 1.807) is 0 Å². The molecule has 0 spiro atoms. The molecular weight excluding hydrogens is 232 g/mol. The van der Waals surface area contributed by atoms with Gasteiger partial charge in [0.05, 0.1) is 11.7 Å². The van der Waals surface area contributed by atoms with E-state index in [0.29, 0.717) is 6.04 Å². The zero-order valence-electron chi connectivity index (χ0n) is 11.8. The summed E-state index contributed by atoms with van der Waals surface area (Å²) in [4.78, 5) is 4.25. The fraction of sp³-hybridized carbons (Fsp3) is 0.353. The third-order valence-corrected chi connectivity index (χ3v) is 3.26. The maximum atomic E-state index is 4.25. The maximum absolute atomic E-state index is 4.25. The summed E-state index contributed by atoms with van der Waals surface area (Å²) in [7, 11) is 0. The van der Waals surface area contributed by atoms with Gasteiger partial charge in [0.25, 0.3) is 0 Å². The van der Waals surface area contributed by atoms with Crippen LogP contribution in [0.15, 0.2) is 48.8 Å². The van der Waals surface area contributed by atoms with Crippen LogP contribution in [0, 0.1) is 6.92 Å². The number of aromatic nitrogens is 1. The molecule has 1 N–H and O–H groups in total. The lowest BCUT2D eigenvalue weighted by atomic mass is 10.0. The molecule has 0 saturated carbocycles. The van der Waals surface area contributed by atoms with Gasteiger partial charge in [0, 0.05) is 12.4 Å². The lowest BCUT2D eigenvalue weighted by Gasteiger charge is -2.20. The van der Waals surface area contributed by atoms with Crippen molar-refractivity contribution in [3.63, 3.8) is 0 Å². The van der Waals surface area contributed by atoms with Gasteiger partial charge in [-0.1, -0.05) is 50.1 Å². The molecule has 0 aliphatic rings. The molecule has 1 aromatic carbocycles. The highest BCUT2D eigenvalue weighted by Gasteiger charge is 2.10. The van der Waals surface area contributed by atoms with Crippen molar-refractivity contribution in [1.82, 2.24) is 4.98 Å². The minimum atomic E-state index is 0.366.